The SMILES string of the molecule is CC1(C(=O)O)NCCc2c1[nH]c1ccc(O)cc21. The molecule has 0 radical (unpaired) electrons. The van der Waals surface area contributed by atoms with Crippen LogP contribution in [-0.4, -0.2) is 27.7 Å². The van der Waals surface area contributed by atoms with Crippen LogP contribution in [0.15, 0.2) is 18.2 Å². The number of hydrogen-bond acceptors (Lipinski definition) is 3. The van der Waals surface area contributed by atoms with Crippen molar-refractivity contribution in [2.45, 2.75) is 18.9 Å². The number of benzene rings is 1. The van der Waals surface area contributed by atoms with E-state index in [4.69, 9.17) is 0 Å². The van der Waals surface area contributed by atoms with Gasteiger partial charge in [0.25, 0.3) is 0 Å². The van der Waals surface area contributed by atoms with E-state index in [1.54, 1.807) is 25.1 Å². The molecule has 0 saturated heterocycles. The summed E-state index contributed by atoms with van der Waals surface area (Å²) in [7, 11) is 0. The fraction of sp³-hybridized carbons (Fsp3) is 0.308. The van der Waals surface area contributed by atoms with Gasteiger partial charge in [-0.25, -0.2) is 4.79 Å². The lowest BCUT2D eigenvalue weighted by atomic mass is 9.89. The van der Waals surface area contributed by atoms with Crippen LogP contribution in [0.5, 0.6) is 5.75 Å². The molecule has 1 atom stereocenters. The Morgan fingerprint density at radius 1 is 1.44 bits per heavy atom. The van der Waals surface area contributed by atoms with Gasteiger partial charge in [0.05, 0.1) is 5.69 Å². The van der Waals surface area contributed by atoms with E-state index in [-0.39, 0.29) is 5.75 Å². The van der Waals surface area contributed by atoms with Gasteiger partial charge in [-0.05, 0) is 37.1 Å². The van der Waals surface area contributed by atoms with Crippen LogP contribution in [0.1, 0.15) is 18.2 Å². The number of carboxylic acids is 1. The molecule has 18 heavy (non-hydrogen) atoms. The van der Waals surface area contributed by atoms with Gasteiger partial charge >= 0.3 is 5.97 Å². The first-order chi connectivity index (χ1) is 8.52. The van der Waals surface area contributed by atoms with E-state index in [0.717, 1.165) is 22.9 Å². The summed E-state index contributed by atoms with van der Waals surface area (Å²) in [6.07, 6.45) is 0.752. The van der Waals surface area contributed by atoms with Crippen molar-refractivity contribution in [3.05, 3.63) is 29.5 Å². The molecular weight excluding hydrogens is 232 g/mol. The van der Waals surface area contributed by atoms with E-state index < -0.39 is 11.5 Å². The van der Waals surface area contributed by atoms with Gasteiger partial charge in [0, 0.05) is 17.4 Å². The normalized spacial score (nSPS) is 22.9. The molecule has 5 nitrogen and oxygen atoms in total. The summed E-state index contributed by atoms with van der Waals surface area (Å²) < 4.78 is 0. The Hall–Kier alpha value is -2.01. The zero-order valence-electron chi connectivity index (χ0n) is 9.95. The number of aliphatic carboxylic acids is 1. The maximum absolute atomic E-state index is 11.5. The van der Waals surface area contributed by atoms with Crippen molar-refractivity contribution in [2.75, 3.05) is 6.54 Å². The lowest BCUT2D eigenvalue weighted by molar-refractivity contribution is -0.145. The van der Waals surface area contributed by atoms with Gasteiger partial charge in [0.15, 0.2) is 5.54 Å². The van der Waals surface area contributed by atoms with Crippen molar-refractivity contribution < 1.29 is 15.0 Å². The minimum atomic E-state index is -1.10. The quantitative estimate of drug-likeness (QED) is 0.611. The van der Waals surface area contributed by atoms with Crippen LogP contribution in [0.3, 0.4) is 0 Å². The number of aromatic amines is 1. The second-order valence-electron chi connectivity index (χ2n) is 4.82. The molecule has 94 valence electrons. The second-order valence-corrected chi connectivity index (χ2v) is 4.82. The monoisotopic (exact) mass is 246 g/mol. The molecule has 0 amide bonds. The Bertz CT molecular complexity index is 647. The smallest absolute Gasteiger partial charge is 0.329 e. The standard InChI is InChI=1S/C13H14N2O3/c1-13(12(17)18)11-8(4-5-14-13)9-6-7(16)2-3-10(9)15-11/h2-3,6,14-16H,4-5H2,1H3,(H,17,18). The molecule has 4 N–H and O–H groups in total. The van der Waals surface area contributed by atoms with Crippen LogP contribution >= 0.6 is 0 Å². The van der Waals surface area contributed by atoms with Gasteiger partial charge in [0.2, 0.25) is 0 Å². The van der Waals surface area contributed by atoms with Gasteiger partial charge in [-0.2, -0.15) is 0 Å². The molecule has 2 aromatic rings. The van der Waals surface area contributed by atoms with Crippen molar-refractivity contribution in [1.29, 1.82) is 0 Å². The molecule has 1 aliphatic rings. The molecule has 2 heterocycles. The lowest BCUT2D eigenvalue weighted by Gasteiger charge is -2.31. The zero-order valence-corrected chi connectivity index (χ0v) is 9.95. The van der Waals surface area contributed by atoms with E-state index in [1.807, 2.05) is 0 Å². The number of phenolic OH excluding ortho intramolecular Hbond substituents is 1. The summed E-state index contributed by atoms with van der Waals surface area (Å²) >= 11 is 0. The average Bonchev–Trinajstić information content (AvgIpc) is 2.69. The summed E-state index contributed by atoms with van der Waals surface area (Å²) in [6.45, 7) is 2.26. The van der Waals surface area contributed by atoms with Gasteiger partial charge in [-0.15, -0.1) is 0 Å². The number of carboxylic acid groups (broad SMARTS) is 1. The molecule has 0 bridgehead atoms. The van der Waals surface area contributed by atoms with Crippen molar-refractivity contribution in [3.8, 4) is 5.75 Å². The minimum Gasteiger partial charge on any atom is -0.508 e. The first-order valence-corrected chi connectivity index (χ1v) is 5.85. The summed E-state index contributed by atoms with van der Waals surface area (Å²) in [6, 6.07) is 5.04. The molecular formula is C13H14N2O3. The van der Waals surface area contributed by atoms with E-state index in [0.29, 0.717) is 12.2 Å². The minimum absolute atomic E-state index is 0.194. The van der Waals surface area contributed by atoms with Crippen molar-refractivity contribution >= 4 is 16.9 Å². The number of carbonyl (C=O) groups is 1. The highest BCUT2D eigenvalue weighted by atomic mass is 16.4. The fourth-order valence-corrected chi connectivity index (χ4v) is 2.63. The maximum Gasteiger partial charge on any atom is 0.329 e. The fourth-order valence-electron chi connectivity index (χ4n) is 2.63. The van der Waals surface area contributed by atoms with Crippen molar-refractivity contribution in [2.24, 2.45) is 0 Å². The summed E-state index contributed by atoms with van der Waals surface area (Å²) in [5, 5.41) is 22.9. The maximum atomic E-state index is 11.5. The lowest BCUT2D eigenvalue weighted by Crippen LogP contribution is -2.50. The van der Waals surface area contributed by atoms with E-state index >= 15 is 0 Å². The molecule has 1 unspecified atom stereocenters. The first-order valence-electron chi connectivity index (χ1n) is 5.85. The average molecular weight is 246 g/mol. The van der Waals surface area contributed by atoms with Crippen LogP contribution in [0.2, 0.25) is 0 Å². The Labute approximate surface area is 103 Å². The van der Waals surface area contributed by atoms with Crippen LogP contribution in [0, 0.1) is 0 Å². The highest BCUT2D eigenvalue weighted by Gasteiger charge is 2.41. The van der Waals surface area contributed by atoms with Crippen molar-refractivity contribution in [3.63, 3.8) is 0 Å². The number of hydrogen-bond donors (Lipinski definition) is 4. The number of H-pyrrole nitrogens is 1. The number of fused-ring (bicyclic) bond motifs is 3. The van der Waals surface area contributed by atoms with Crippen LogP contribution < -0.4 is 5.32 Å². The van der Waals surface area contributed by atoms with Gasteiger partial charge in [0.1, 0.15) is 5.75 Å². The van der Waals surface area contributed by atoms with Crippen molar-refractivity contribution in [1.82, 2.24) is 10.3 Å². The van der Waals surface area contributed by atoms with E-state index in [2.05, 4.69) is 10.3 Å². The van der Waals surface area contributed by atoms with E-state index in [1.165, 1.54) is 0 Å². The van der Waals surface area contributed by atoms with Gasteiger partial charge in [-0.1, -0.05) is 0 Å². The number of rotatable bonds is 1. The Morgan fingerprint density at radius 2 is 2.22 bits per heavy atom. The second kappa shape index (κ2) is 3.49. The molecule has 5 heteroatoms. The predicted molar refractivity (Wildman–Crippen MR) is 66.7 cm³/mol. The summed E-state index contributed by atoms with van der Waals surface area (Å²) in [4.78, 5) is 14.6. The Kier molecular flexibility index (Phi) is 2.15. The molecule has 3 rings (SSSR count). The Morgan fingerprint density at radius 3 is 2.94 bits per heavy atom. The molecule has 0 saturated carbocycles. The third kappa shape index (κ3) is 1.34. The number of aromatic nitrogens is 1. The van der Waals surface area contributed by atoms with Crippen LogP contribution in [0.4, 0.5) is 0 Å². The molecule has 1 aliphatic heterocycles. The molecule has 0 spiro atoms. The molecule has 1 aromatic carbocycles. The first kappa shape index (κ1) is 11.1. The number of aromatic hydroxyl groups is 1. The van der Waals surface area contributed by atoms with Crippen LogP contribution in [-0.2, 0) is 16.8 Å². The van der Waals surface area contributed by atoms with E-state index in [9.17, 15) is 15.0 Å². The Balaban J connectivity index is 2.31. The largest absolute Gasteiger partial charge is 0.508 e. The molecule has 0 fully saturated rings. The third-order valence-corrected chi connectivity index (χ3v) is 3.67. The number of phenols is 1. The van der Waals surface area contributed by atoms with Crippen LogP contribution in [0.25, 0.3) is 10.9 Å². The highest BCUT2D eigenvalue weighted by molar-refractivity contribution is 5.90. The third-order valence-electron chi connectivity index (χ3n) is 3.67. The topological polar surface area (TPSA) is 85.4 Å². The zero-order chi connectivity index (χ0) is 12.9. The molecule has 1 aromatic heterocycles. The highest BCUT2D eigenvalue weighted by Crippen LogP contribution is 2.34. The molecule has 0 aliphatic carbocycles. The number of nitrogens with one attached hydrogen (secondary N) is 2. The van der Waals surface area contributed by atoms with Gasteiger partial charge in [-0.3, -0.25) is 5.32 Å². The summed E-state index contributed by atoms with van der Waals surface area (Å²) in [5.74, 6) is -0.709. The van der Waals surface area contributed by atoms with Gasteiger partial charge < -0.3 is 15.2 Å². The predicted octanol–water partition coefficient (Wildman–Crippen LogP) is 1.32. The summed E-state index contributed by atoms with van der Waals surface area (Å²) in [5.41, 5.74) is 1.42.